The lowest BCUT2D eigenvalue weighted by Crippen LogP contribution is -2.61. The summed E-state index contributed by atoms with van der Waals surface area (Å²) in [4.78, 5) is 101. The lowest BCUT2D eigenvalue weighted by molar-refractivity contribution is -0.143. The monoisotopic (exact) mass is 893 g/mol. The number of phenolic OH excluding ortho intramolecular Hbond substituents is 1. The van der Waals surface area contributed by atoms with Crippen molar-refractivity contribution in [2.24, 2.45) is 28.3 Å². The molecule has 2 aromatic rings. The first kappa shape index (κ1) is 51.9. The van der Waals surface area contributed by atoms with Gasteiger partial charge >= 0.3 is 12.0 Å². The molecule has 19 heteroatoms. The summed E-state index contributed by atoms with van der Waals surface area (Å²) in [5.41, 5.74) is 12.4. The van der Waals surface area contributed by atoms with Crippen LogP contribution in [0.1, 0.15) is 90.2 Å². The largest absolute Gasteiger partial charge is 0.508 e. The highest BCUT2D eigenvalue weighted by Gasteiger charge is 2.37. The van der Waals surface area contributed by atoms with Gasteiger partial charge in [0.25, 0.3) is 0 Å². The number of likely N-dealkylation sites (N-methyl/N-ethyl adjacent to an activating group) is 1. The number of carboxylic acids is 1. The fourth-order valence-corrected chi connectivity index (χ4v) is 7.26. The summed E-state index contributed by atoms with van der Waals surface area (Å²) in [6.45, 7) is 7.43. The number of urea groups is 1. The van der Waals surface area contributed by atoms with E-state index in [1.54, 1.807) is 26.0 Å². The lowest BCUT2D eigenvalue weighted by atomic mass is 9.96. The molecule has 352 valence electrons. The van der Waals surface area contributed by atoms with Crippen molar-refractivity contribution in [3.63, 3.8) is 0 Å². The third-order valence-corrected chi connectivity index (χ3v) is 11.4. The third kappa shape index (κ3) is 17.0. The molecule has 1 saturated heterocycles. The molecule has 0 saturated carbocycles. The van der Waals surface area contributed by atoms with Crippen molar-refractivity contribution in [2.45, 2.75) is 128 Å². The number of aryl methyl sites for hydroxylation is 2. The highest BCUT2D eigenvalue weighted by Crippen LogP contribution is 2.18. The van der Waals surface area contributed by atoms with Gasteiger partial charge in [-0.25, -0.2) is 9.59 Å². The van der Waals surface area contributed by atoms with Crippen LogP contribution in [-0.4, -0.2) is 119 Å². The van der Waals surface area contributed by atoms with Gasteiger partial charge in [-0.1, -0.05) is 76.6 Å². The number of aliphatic imine (C=N–C) groups is 1. The van der Waals surface area contributed by atoms with Crippen molar-refractivity contribution >= 4 is 47.5 Å². The minimum Gasteiger partial charge on any atom is -0.508 e. The molecule has 7 atom stereocenters. The van der Waals surface area contributed by atoms with Gasteiger partial charge in [-0.3, -0.25) is 29.0 Å². The summed E-state index contributed by atoms with van der Waals surface area (Å²) in [5.74, 6) is -5.18. The number of carboxylic acid groups (broad SMARTS) is 1. The van der Waals surface area contributed by atoms with Crippen LogP contribution in [0.15, 0.2) is 59.6 Å². The van der Waals surface area contributed by atoms with E-state index in [4.69, 9.17) is 11.5 Å². The van der Waals surface area contributed by atoms with Crippen LogP contribution in [0.25, 0.3) is 0 Å². The standard InChI is InChI=1S/C45H68N10O9/c1-6-28(4)37-40(59)48-25-11-10-15-32(51-45(64)52-34(43(62)63)16-12-26-49-44(46)47)38(57)53-36(27(2)3)41(60)50-33(23-19-29-13-8-7-9-14-29)42(61)55(5)35(39(58)54-37)24-20-30-17-21-31(56)22-18-30/h7-9,13-14,17-18,21-22,27-28,32-37,56H,6,10-12,15-16,19-20,23-26H2,1-5H3,(H,48,59)(H,50,60)(H,53,57)(H,54,58)(H,62,63)(H4,46,47,49)(H2,51,52,64)/t28-,32?,33-,34-,35?,36-,37-/m0/s1. The number of amides is 7. The summed E-state index contributed by atoms with van der Waals surface area (Å²) in [6.07, 6.45) is 2.45. The Kier molecular flexibility index (Phi) is 21.3. The van der Waals surface area contributed by atoms with Crippen molar-refractivity contribution in [3.05, 3.63) is 65.7 Å². The molecule has 0 aliphatic carbocycles. The van der Waals surface area contributed by atoms with E-state index < -0.39 is 83.7 Å². The Labute approximate surface area is 375 Å². The number of carbonyl (C=O) groups excluding carboxylic acids is 6. The van der Waals surface area contributed by atoms with Gasteiger partial charge in [0.2, 0.25) is 29.5 Å². The fraction of sp³-hybridized carbons (Fsp3) is 0.556. The Morgan fingerprint density at radius 2 is 1.48 bits per heavy atom. The van der Waals surface area contributed by atoms with Crippen molar-refractivity contribution in [3.8, 4) is 5.75 Å². The van der Waals surface area contributed by atoms with Gasteiger partial charge in [-0.2, -0.15) is 0 Å². The van der Waals surface area contributed by atoms with Crippen LogP contribution in [0.4, 0.5) is 4.79 Å². The van der Waals surface area contributed by atoms with Gasteiger partial charge in [0.1, 0.15) is 42.0 Å². The molecule has 0 spiro atoms. The minimum absolute atomic E-state index is 0.0116. The van der Waals surface area contributed by atoms with E-state index in [2.05, 4.69) is 36.9 Å². The molecule has 0 aromatic heterocycles. The number of nitrogens with two attached hydrogens (primary N) is 2. The predicted molar refractivity (Wildman–Crippen MR) is 241 cm³/mol. The fourth-order valence-electron chi connectivity index (χ4n) is 7.26. The summed E-state index contributed by atoms with van der Waals surface area (Å²) in [5, 5.41) is 36.0. The number of hydrogen-bond donors (Lipinski definition) is 10. The first-order chi connectivity index (χ1) is 30.4. The maximum absolute atomic E-state index is 14.7. The van der Waals surface area contributed by atoms with Gasteiger partial charge in [-0.05, 0) is 92.9 Å². The van der Waals surface area contributed by atoms with E-state index >= 15 is 0 Å². The number of carbonyl (C=O) groups is 7. The summed E-state index contributed by atoms with van der Waals surface area (Å²) in [6, 6.07) is 7.91. The lowest BCUT2D eigenvalue weighted by Gasteiger charge is -2.33. The van der Waals surface area contributed by atoms with Crippen LogP contribution in [0.5, 0.6) is 5.75 Å². The quantitative estimate of drug-likeness (QED) is 0.0653. The third-order valence-electron chi connectivity index (χ3n) is 11.4. The molecule has 19 nitrogen and oxygen atoms in total. The zero-order chi connectivity index (χ0) is 47.3. The number of nitrogens with one attached hydrogen (secondary N) is 6. The number of hydrogen-bond acceptors (Lipinski definition) is 9. The molecule has 7 amide bonds. The molecule has 2 aromatic carbocycles. The first-order valence-corrected chi connectivity index (χ1v) is 22.0. The summed E-state index contributed by atoms with van der Waals surface area (Å²) in [7, 11) is 1.48. The molecule has 3 rings (SSSR count). The number of benzene rings is 2. The highest BCUT2D eigenvalue weighted by atomic mass is 16.4. The smallest absolute Gasteiger partial charge is 0.326 e. The number of aliphatic carboxylic acids is 1. The molecule has 1 aliphatic heterocycles. The number of aromatic hydroxyl groups is 1. The van der Waals surface area contributed by atoms with Gasteiger partial charge in [0, 0.05) is 20.1 Å². The molecule has 12 N–H and O–H groups in total. The van der Waals surface area contributed by atoms with Crippen molar-refractivity contribution in [1.29, 1.82) is 0 Å². The van der Waals surface area contributed by atoms with Gasteiger partial charge in [-0.15, -0.1) is 0 Å². The van der Waals surface area contributed by atoms with Crippen molar-refractivity contribution < 1.29 is 43.8 Å². The van der Waals surface area contributed by atoms with E-state index in [-0.39, 0.29) is 62.8 Å². The zero-order valence-corrected chi connectivity index (χ0v) is 37.6. The van der Waals surface area contributed by atoms with E-state index in [9.17, 15) is 43.8 Å². The van der Waals surface area contributed by atoms with E-state index in [0.29, 0.717) is 32.1 Å². The molecule has 1 aliphatic rings. The Morgan fingerprint density at radius 3 is 2.11 bits per heavy atom. The van der Waals surface area contributed by atoms with Gasteiger partial charge in [0.05, 0.1) is 0 Å². The van der Waals surface area contributed by atoms with Crippen LogP contribution in [-0.2, 0) is 41.6 Å². The predicted octanol–water partition coefficient (Wildman–Crippen LogP) is 1.42. The van der Waals surface area contributed by atoms with Gasteiger partial charge < -0.3 is 58.5 Å². The SMILES string of the molecule is CC[C@H](C)[C@@H]1NC(=O)C(CCc2ccc(O)cc2)N(C)C(=O)[C@H](CCc2ccccc2)NC(=O)[C@H](C(C)C)NC(=O)C(NC(=O)N[C@@H](CCCN=C(N)N)C(=O)O)CCCCNC1=O. The van der Waals surface area contributed by atoms with Gasteiger partial charge in [0.15, 0.2) is 5.96 Å². The minimum atomic E-state index is -1.33. The Morgan fingerprint density at radius 1 is 0.844 bits per heavy atom. The van der Waals surface area contributed by atoms with Crippen molar-refractivity contribution in [2.75, 3.05) is 20.1 Å². The Hall–Kier alpha value is -6.40. The molecule has 1 heterocycles. The normalized spacial score (nSPS) is 21.7. The van der Waals surface area contributed by atoms with Crippen LogP contribution < -0.4 is 43.4 Å². The molecular weight excluding hydrogens is 825 g/mol. The number of phenols is 1. The van der Waals surface area contributed by atoms with Crippen molar-refractivity contribution in [1.82, 2.24) is 36.8 Å². The Bertz CT molecular complexity index is 1890. The Balaban J connectivity index is 2.02. The maximum atomic E-state index is 14.7. The zero-order valence-electron chi connectivity index (χ0n) is 37.6. The van der Waals surface area contributed by atoms with E-state index in [1.165, 1.54) is 24.1 Å². The molecule has 64 heavy (non-hydrogen) atoms. The second-order valence-electron chi connectivity index (χ2n) is 16.7. The maximum Gasteiger partial charge on any atom is 0.326 e. The molecule has 0 bridgehead atoms. The summed E-state index contributed by atoms with van der Waals surface area (Å²) < 4.78 is 0. The molecule has 0 radical (unpaired) electrons. The van der Waals surface area contributed by atoms with Crippen LogP contribution in [0, 0.1) is 11.8 Å². The second-order valence-corrected chi connectivity index (χ2v) is 16.7. The van der Waals surface area contributed by atoms with E-state index in [1.807, 2.05) is 44.2 Å². The second kappa shape index (κ2) is 26.3. The summed E-state index contributed by atoms with van der Waals surface area (Å²) >= 11 is 0. The van der Waals surface area contributed by atoms with E-state index in [0.717, 1.165) is 11.1 Å². The van der Waals surface area contributed by atoms with Crippen LogP contribution >= 0.6 is 0 Å². The average molecular weight is 893 g/mol. The molecule has 2 unspecified atom stereocenters. The topological polar surface area (TPSA) is 300 Å². The van der Waals surface area contributed by atoms with Crippen LogP contribution in [0.2, 0.25) is 0 Å². The molecular formula is C45H68N10O9. The molecule has 1 fully saturated rings. The highest BCUT2D eigenvalue weighted by molar-refractivity contribution is 5.96. The first-order valence-electron chi connectivity index (χ1n) is 22.0. The number of guanidine groups is 1. The number of nitrogens with zero attached hydrogens (tertiary/aromatic N) is 2. The number of rotatable bonds is 16. The average Bonchev–Trinajstić information content (AvgIpc) is 3.26. The van der Waals surface area contributed by atoms with Crippen LogP contribution in [0.3, 0.4) is 0 Å².